The molecule has 0 bridgehead atoms. The number of rotatable bonds is 5. The third-order valence-corrected chi connectivity index (χ3v) is 4.26. The summed E-state index contributed by atoms with van der Waals surface area (Å²) in [5.41, 5.74) is 1.46. The first-order valence-corrected chi connectivity index (χ1v) is 8.23. The Kier molecular flexibility index (Phi) is 5.42. The van der Waals surface area contributed by atoms with Crippen LogP contribution in [0.1, 0.15) is 12.1 Å². The third-order valence-electron chi connectivity index (χ3n) is 4.26. The van der Waals surface area contributed by atoms with E-state index in [1.165, 1.54) is 6.07 Å². The highest BCUT2D eigenvalue weighted by Crippen LogP contribution is 2.24. The lowest BCUT2D eigenvalue weighted by Gasteiger charge is -2.19. The summed E-state index contributed by atoms with van der Waals surface area (Å²) >= 11 is 0. The van der Waals surface area contributed by atoms with Crippen LogP contribution < -0.4 is 15.5 Å². The quantitative estimate of drug-likeness (QED) is 0.875. The fourth-order valence-electron chi connectivity index (χ4n) is 2.89. The van der Waals surface area contributed by atoms with Gasteiger partial charge in [0, 0.05) is 37.6 Å². The summed E-state index contributed by atoms with van der Waals surface area (Å²) < 4.78 is 26.4. The van der Waals surface area contributed by atoms with Gasteiger partial charge in [-0.25, -0.2) is 13.6 Å². The van der Waals surface area contributed by atoms with Crippen molar-refractivity contribution in [3.05, 3.63) is 59.9 Å². The van der Waals surface area contributed by atoms with Crippen LogP contribution in [0.2, 0.25) is 0 Å². The highest BCUT2D eigenvalue weighted by atomic mass is 19.2. The van der Waals surface area contributed by atoms with E-state index in [1.807, 2.05) is 23.1 Å². The van der Waals surface area contributed by atoms with E-state index in [2.05, 4.69) is 15.6 Å². The molecule has 0 radical (unpaired) electrons. The molecule has 1 aliphatic heterocycles. The Morgan fingerprint density at radius 2 is 2.08 bits per heavy atom. The first-order chi connectivity index (χ1) is 12.1. The number of amides is 2. The van der Waals surface area contributed by atoms with E-state index in [4.69, 9.17) is 0 Å². The number of aromatic nitrogens is 1. The van der Waals surface area contributed by atoms with Crippen LogP contribution in [-0.4, -0.2) is 30.6 Å². The number of carbonyl (C=O) groups excluding carboxylic acids is 1. The molecule has 7 heteroatoms. The maximum absolute atomic E-state index is 13.3. The normalized spacial score (nSPS) is 16.7. The largest absolute Gasteiger partial charge is 0.371 e. The Labute approximate surface area is 145 Å². The lowest BCUT2D eigenvalue weighted by molar-refractivity contribution is 0.239. The molecule has 0 aliphatic carbocycles. The van der Waals surface area contributed by atoms with Crippen LogP contribution in [0.4, 0.5) is 19.3 Å². The first kappa shape index (κ1) is 17.1. The average Bonchev–Trinajstić information content (AvgIpc) is 3.10. The van der Waals surface area contributed by atoms with Gasteiger partial charge in [0.2, 0.25) is 0 Å². The number of hydrogen-bond acceptors (Lipinski definition) is 3. The lowest BCUT2D eigenvalue weighted by atomic mass is 10.1. The van der Waals surface area contributed by atoms with E-state index < -0.39 is 11.6 Å². The molecule has 25 heavy (non-hydrogen) atoms. The van der Waals surface area contributed by atoms with Crippen molar-refractivity contribution in [1.82, 2.24) is 15.6 Å². The zero-order chi connectivity index (χ0) is 17.6. The molecular weight excluding hydrogens is 326 g/mol. The second kappa shape index (κ2) is 7.92. The maximum Gasteiger partial charge on any atom is 0.315 e. The molecule has 0 spiro atoms. The molecule has 5 nitrogen and oxygen atoms in total. The number of halogens is 2. The number of carbonyl (C=O) groups is 1. The fourth-order valence-corrected chi connectivity index (χ4v) is 2.89. The Morgan fingerprint density at radius 1 is 1.20 bits per heavy atom. The minimum atomic E-state index is -0.842. The van der Waals surface area contributed by atoms with Crippen LogP contribution in [0.3, 0.4) is 0 Å². The second-order valence-electron chi connectivity index (χ2n) is 6.08. The van der Waals surface area contributed by atoms with Crippen molar-refractivity contribution in [2.24, 2.45) is 5.92 Å². The minimum Gasteiger partial charge on any atom is -0.371 e. The van der Waals surface area contributed by atoms with E-state index in [1.54, 1.807) is 12.3 Å². The summed E-state index contributed by atoms with van der Waals surface area (Å²) in [6.45, 7) is 2.37. The van der Waals surface area contributed by atoms with Crippen LogP contribution >= 0.6 is 0 Å². The van der Waals surface area contributed by atoms with Crippen molar-refractivity contribution in [2.75, 3.05) is 24.5 Å². The molecule has 1 fully saturated rings. The predicted molar refractivity (Wildman–Crippen MR) is 91.2 cm³/mol. The summed E-state index contributed by atoms with van der Waals surface area (Å²) in [5.74, 6) is -1.41. The van der Waals surface area contributed by atoms with Crippen molar-refractivity contribution in [2.45, 2.75) is 13.0 Å². The van der Waals surface area contributed by atoms with Gasteiger partial charge in [-0.3, -0.25) is 4.98 Å². The number of nitrogens with one attached hydrogen (secondary N) is 2. The van der Waals surface area contributed by atoms with Gasteiger partial charge >= 0.3 is 6.03 Å². The average molecular weight is 346 g/mol. The van der Waals surface area contributed by atoms with Gasteiger partial charge < -0.3 is 15.5 Å². The van der Waals surface area contributed by atoms with Gasteiger partial charge in [-0.2, -0.15) is 0 Å². The fraction of sp³-hybridized carbons (Fsp3) is 0.333. The van der Waals surface area contributed by atoms with Gasteiger partial charge in [0.25, 0.3) is 0 Å². The smallest absolute Gasteiger partial charge is 0.315 e. The van der Waals surface area contributed by atoms with Crippen LogP contribution in [0.15, 0.2) is 42.6 Å². The lowest BCUT2D eigenvalue weighted by Crippen LogP contribution is -2.38. The maximum atomic E-state index is 13.3. The summed E-state index contributed by atoms with van der Waals surface area (Å²) in [7, 11) is 0. The number of nitrogens with zero attached hydrogens (tertiary/aromatic N) is 2. The molecule has 0 saturated carbocycles. The molecule has 3 rings (SSSR count). The molecule has 2 amide bonds. The molecule has 2 N–H and O–H groups in total. The van der Waals surface area contributed by atoms with Gasteiger partial charge in [-0.15, -0.1) is 0 Å². The van der Waals surface area contributed by atoms with E-state index in [0.717, 1.165) is 24.7 Å². The number of hydrogen-bond donors (Lipinski definition) is 2. The molecule has 1 aliphatic rings. The molecule has 1 aromatic carbocycles. The Hall–Kier alpha value is -2.70. The number of anilines is 1. The van der Waals surface area contributed by atoms with E-state index in [-0.39, 0.29) is 11.9 Å². The number of urea groups is 1. The third kappa shape index (κ3) is 4.65. The summed E-state index contributed by atoms with van der Waals surface area (Å²) in [4.78, 5) is 18.0. The molecule has 1 aromatic heterocycles. The first-order valence-electron chi connectivity index (χ1n) is 8.23. The van der Waals surface area contributed by atoms with Crippen LogP contribution in [0, 0.1) is 17.6 Å². The van der Waals surface area contributed by atoms with Crippen molar-refractivity contribution in [3.8, 4) is 0 Å². The summed E-state index contributed by atoms with van der Waals surface area (Å²) in [6, 6.07) is 9.23. The van der Waals surface area contributed by atoms with Crippen molar-refractivity contribution in [1.29, 1.82) is 0 Å². The second-order valence-corrected chi connectivity index (χ2v) is 6.08. The topological polar surface area (TPSA) is 57.3 Å². The molecule has 132 valence electrons. The zero-order valence-electron chi connectivity index (χ0n) is 13.7. The van der Waals surface area contributed by atoms with E-state index in [0.29, 0.717) is 25.3 Å². The Bertz CT molecular complexity index is 726. The predicted octanol–water partition coefficient (Wildman–Crippen LogP) is 2.69. The van der Waals surface area contributed by atoms with Gasteiger partial charge in [0.15, 0.2) is 11.6 Å². The number of pyridine rings is 1. The molecular formula is C18H20F2N4O. The molecule has 2 aromatic rings. The summed E-state index contributed by atoms with van der Waals surface area (Å²) in [5, 5.41) is 5.61. The van der Waals surface area contributed by atoms with Crippen LogP contribution in [0.25, 0.3) is 0 Å². The van der Waals surface area contributed by atoms with E-state index >= 15 is 0 Å². The van der Waals surface area contributed by atoms with Crippen molar-refractivity contribution in [3.63, 3.8) is 0 Å². The highest BCUT2D eigenvalue weighted by molar-refractivity contribution is 5.73. The highest BCUT2D eigenvalue weighted by Gasteiger charge is 2.23. The van der Waals surface area contributed by atoms with Crippen LogP contribution in [-0.2, 0) is 6.54 Å². The molecule has 2 heterocycles. The summed E-state index contributed by atoms with van der Waals surface area (Å²) in [6.07, 6.45) is 2.57. The molecule has 1 saturated heterocycles. The standard InChI is InChI=1S/C18H20F2N4O/c19-16-5-4-15(9-17(16)20)24-8-6-13(12-24)10-22-18(25)23-11-14-3-1-2-7-21-14/h1-5,7,9,13H,6,8,10-12H2,(H2,22,23,25)/t13-/m0/s1. The van der Waals surface area contributed by atoms with Gasteiger partial charge in [-0.1, -0.05) is 6.07 Å². The van der Waals surface area contributed by atoms with Gasteiger partial charge in [0.05, 0.1) is 12.2 Å². The van der Waals surface area contributed by atoms with E-state index in [9.17, 15) is 13.6 Å². The Balaban J connectivity index is 1.42. The minimum absolute atomic E-state index is 0.239. The number of benzene rings is 1. The molecule has 0 unspecified atom stereocenters. The molecule has 1 atom stereocenters. The van der Waals surface area contributed by atoms with Gasteiger partial charge in [-0.05, 0) is 36.6 Å². The monoisotopic (exact) mass is 346 g/mol. The van der Waals surface area contributed by atoms with Gasteiger partial charge in [0.1, 0.15) is 0 Å². The Morgan fingerprint density at radius 3 is 2.84 bits per heavy atom. The SMILES string of the molecule is O=C(NCc1ccccn1)NC[C@@H]1CCN(c2ccc(F)c(F)c2)C1. The zero-order valence-corrected chi connectivity index (χ0v) is 13.7. The van der Waals surface area contributed by atoms with Crippen LogP contribution in [0.5, 0.6) is 0 Å². The van der Waals surface area contributed by atoms with Crippen molar-refractivity contribution >= 4 is 11.7 Å². The van der Waals surface area contributed by atoms with Crippen molar-refractivity contribution < 1.29 is 13.6 Å².